The van der Waals surface area contributed by atoms with Gasteiger partial charge >= 0.3 is 0 Å². The van der Waals surface area contributed by atoms with Crippen LogP contribution in [0.2, 0.25) is 0 Å². The Labute approximate surface area is 206 Å². The van der Waals surface area contributed by atoms with Crippen LogP contribution >= 0.6 is 0 Å². The first-order chi connectivity index (χ1) is 17.0. The van der Waals surface area contributed by atoms with Crippen LogP contribution in [0, 0.1) is 5.92 Å². The molecule has 7 heteroatoms. The summed E-state index contributed by atoms with van der Waals surface area (Å²) in [4.78, 5) is 40.6. The average molecular weight is 476 g/mol. The largest absolute Gasteiger partial charge is 0.380 e. The minimum Gasteiger partial charge on any atom is -0.380 e. The number of amides is 3. The number of benzene rings is 2. The van der Waals surface area contributed by atoms with Gasteiger partial charge in [0, 0.05) is 43.1 Å². The number of piperidine rings is 1. The summed E-state index contributed by atoms with van der Waals surface area (Å²) in [6, 6.07) is 13.3. The first-order valence-electron chi connectivity index (χ1n) is 12.7. The molecule has 1 saturated heterocycles. The highest BCUT2D eigenvalue weighted by Crippen LogP contribution is 2.42. The standard InChI is InChI=1S/C28H33N3O4/c1-35-17-18-6-8-20(9-7-18)28(34)31-14-12-19(13-15-31)25-23-16-21(10-11-24(23)30-27(25)33)26(32)29-22-4-2-3-5-22/h6-11,16,19,22,25H,2-5,12-15,17H2,1H3,(H,29,32)(H,30,33). The van der Waals surface area contributed by atoms with Crippen LogP contribution in [0.5, 0.6) is 0 Å². The number of likely N-dealkylation sites (tertiary alicyclic amines) is 1. The zero-order chi connectivity index (χ0) is 24.4. The fourth-order valence-electron chi connectivity index (χ4n) is 5.76. The molecule has 35 heavy (non-hydrogen) atoms. The van der Waals surface area contributed by atoms with Gasteiger partial charge in [0.2, 0.25) is 5.91 Å². The molecular formula is C28H33N3O4. The molecule has 3 aliphatic rings. The Bertz CT molecular complexity index is 1100. The Morgan fingerprint density at radius 2 is 1.69 bits per heavy atom. The zero-order valence-corrected chi connectivity index (χ0v) is 20.2. The van der Waals surface area contributed by atoms with Crippen molar-refractivity contribution in [3.63, 3.8) is 0 Å². The summed E-state index contributed by atoms with van der Waals surface area (Å²) in [6.45, 7) is 1.75. The van der Waals surface area contributed by atoms with Gasteiger partial charge in [-0.25, -0.2) is 0 Å². The maximum atomic E-state index is 13.0. The first-order valence-corrected chi connectivity index (χ1v) is 12.7. The molecule has 1 unspecified atom stereocenters. The van der Waals surface area contributed by atoms with Gasteiger partial charge in [0.25, 0.3) is 11.8 Å². The van der Waals surface area contributed by atoms with E-state index in [1.54, 1.807) is 13.2 Å². The van der Waals surface area contributed by atoms with Gasteiger partial charge in [-0.2, -0.15) is 0 Å². The van der Waals surface area contributed by atoms with E-state index >= 15 is 0 Å². The minimum atomic E-state index is -0.283. The molecule has 1 saturated carbocycles. The Morgan fingerprint density at radius 3 is 2.37 bits per heavy atom. The molecule has 2 aromatic rings. The van der Waals surface area contributed by atoms with E-state index in [0.29, 0.717) is 30.8 Å². The normalized spacial score (nSPS) is 20.5. The second kappa shape index (κ2) is 10.2. The molecule has 0 spiro atoms. The van der Waals surface area contributed by atoms with Crippen LogP contribution in [0.15, 0.2) is 42.5 Å². The maximum Gasteiger partial charge on any atom is 0.253 e. The fraction of sp³-hybridized carbons (Fsp3) is 0.464. The van der Waals surface area contributed by atoms with Gasteiger partial charge in [0.05, 0.1) is 12.5 Å². The van der Waals surface area contributed by atoms with Crippen LogP contribution in [0.1, 0.15) is 76.3 Å². The summed E-state index contributed by atoms with van der Waals surface area (Å²) in [7, 11) is 1.65. The molecule has 5 rings (SSSR count). The van der Waals surface area contributed by atoms with E-state index in [1.165, 1.54) is 0 Å². The molecule has 2 heterocycles. The third-order valence-corrected chi connectivity index (χ3v) is 7.69. The van der Waals surface area contributed by atoms with Crippen LogP contribution in [0.3, 0.4) is 0 Å². The van der Waals surface area contributed by atoms with E-state index in [0.717, 1.165) is 55.3 Å². The molecule has 0 aromatic heterocycles. The number of ether oxygens (including phenoxy) is 1. The van der Waals surface area contributed by atoms with Crippen molar-refractivity contribution in [1.29, 1.82) is 0 Å². The van der Waals surface area contributed by atoms with E-state index in [9.17, 15) is 14.4 Å². The van der Waals surface area contributed by atoms with Crippen LogP contribution in [0.25, 0.3) is 0 Å². The number of hydrogen-bond acceptors (Lipinski definition) is 4. The Hall–Kier alpha value is -3.19. The number of carbonyl (C=O) groups is 3. The number of nitrogens with zero attached hydrogens (tertiary/aromatic N) is 1. The highest BCUT2D eigenvalue weighted by molar-refractivity contribution is 6.05. The lowest BCUT2D eigenvalue weighted by atomic mass is 9.80. The molecule has 3 amide bonds. The molecule has 2 aliphatic heterocycles. The second-order valence-corrected chi connectivity index (χ2v) is 9.98. The van der Waals surface area contributed by atoms with Gasteiger partial charge in [0.1, 0.15) is 0 Å². The average Bonchev–Trinajstić information content (AvgIpc) is 3.50. The van der Waals surface area contributed by atoms with Crippen LogP contribution in [-0.4, -0.2) is 48.9 Å². The Balaban J connectivity index is 1.24. The Kier molecular flexibility index (Phi) is 6.86. The molecule has 1 aliphatic carbocycles. The SMILES string of the molecule is COCc1ccc(C(=O)N2CCC(C3C(=O)Nc4ccc(C(=O)NC5CCCC5)cc43)CC2)cc1. The van der Waals surface area contributed by atoms with E-state index in [2.05, 4.69) is 10.6 Å². The van der Waals surface area contributed by atoms with Gasteiger partial charge in [-0.05, 0) is 73.1 Å². The summed E-state index contributed by atoms with van der Waals surface area (Å²) in [5.74, 6) is -0.191. The molecule has 1 atom stereocenters. The highest BCUT2D eigenvalue weighted by Gasteiger charge is 2.39. The van der Waals surface area contributed by atoms with Crippen molar-refractivity contribution in [2.24, 2.45) is 5.92 Å². The van der Waals surface area contributed by atoms with Crippen molar-refractivity contribution in [2.45, 2.75) is 57.1 Å². The third kappa shape index (κ3) is 4.96. The van der Waals surface area contributed by atoms with E-state index in [4.69, 9.17) is 4.74 Å². The van der Waals surface area contributed by atoms with Crippen molar-refractivity contribution in [3.8, 4) is 0 Å². The van der Waals surface area contributed by atoms with Crippen molar-refractivity contribution < 1.29 is 19.1 Å². The molecule has 7 nitrogen and oxygen atoms in total. The highest BCUT2D eigenvalue weighted by atomic mass is 16.5. The quantitative estimate of drug-likeness (QED) is 0.659. The summed E-state index contributed by atoms with van der Waals surface area (Å²) >= 11 is 0. The fourth-order valence-corrected chi connectivity index (χ4v) is 5.76. The monoisotopic (exact) mass is 475 g/mol. The molecule has 2 N–H and O–H groups in total. The molecular weight excluding hydrogens is 442 g/mol. The van der Waals surface area contributed by atoms with Gasteiger partial charge in [-0.1, -0.05) is 25.0 Å². The summed E-state index contributed by atoms with van der Waals surface area (Å²) in [6.07, 6.45) is 5.90. The van der Waals surface area contributed by atoms with E-state index in [1.807, 2.05) is 41.3 Å². The molecule has 0 bridgehead atoms. The zero-order valence-electron chi connectivity index (χ0n) is 20.2. The summed E-state index contributed by atoms with van der Waals surface area (Å²) in [5, 5.41) is 6.14. The lowest BCUT2D eigenvalue weighted by Gasteiger charge is -2.34. The predicted octanol–water partition coefficient (Wildman–Crippen LogP) is 4.09. The van der Waals surface area contributed by atoms with E-state index < -0.39 is 0 Å². The number of rotatable bonds is 6. The van der Waals surface area contributed by atoms with Gasteiger partial charge in [-0.15, -0.1) is 0 Å². The maximum absolute atomic E-state index is 13.0. The molecule has 2 fully saturated rings. The van der Waals surface area contributed by atoms with Gasteiger partial charge in [-0.3, -0.25) is 14.4 Å². The Morgan fingerprint density at radius 1 is 1.00 bits per heavy atom. The smallest absolute Gasteiger partial charge is 0.253 e. The second-order valence-electron chi connectivity index (χ2n) is 9.98. The van der Waals surface area contributed by atoms with Crippen LogP contribution in [-0.2, 0) is 16.1 Å². The summed E-state index contributed by atoms with van der Waals surface area (Å²) < 4.78 is 5.14. The van der Waals surface area contributed by atoms with Crippen molar-refractivity contribution in [3.05, 3.63) is 64.7 Å². The lowest BCUT2D eigenvalue weighted by Crippen LogP contribution is -2.40. The topological polar surface area (TPSA) is 87.7 Å². The number of fused-ring (bicyclic) bond motifs is 1. The minimum absolute atomic E-state index is 0.00754. The predicted molar refractivity (Wildman–Crippen MR) is 133 cm³/mol. The molecule has 184 valence electrons. The number of anilines is 1. The van der Waals surface area contributed by atoms with Crippen LogP contribution < -0.4 is 10.6 Å². The van der Waals surface area contributed by atoms with Crippen molar-refractivity contribution in [1.82, 2.24) is 10.2 Å². The number of hydrogen-bond donors (Lipinski definition) is 2. The van der Waals surface area contributed by atoms with E-state index in [-0.39, 0.29) is 35.6 Å². The van der Waals surface area contributed by atoms with Gasteiger partial charge in [0.15, 0.2) is 0 Å². The van der Waals surface area contributed by atoms with Crippen molar-refractivity contribution >= 4 is 23.4 Å². The first kappa shape index (κ1) is 23.5. The number of methoxy groups -OCH3 is 1. The lowest BCUT2D eigenvalue weighted by molar-refractivity contribution is -0.118. The number of carbonyl (C=O) groups excluding carboxylic acids is 3. The number of nitrogens with one attached hydrogen (secondary N) is 2. The third-order valence-electron chi connectivity index (χ3n) is 7.69. The molecule has 2 aromatic carbocycles. The van der Waals surface area contributed by atoms with Crippen molar-refractivity contribution in [2.75, 3.05) is 25.5 Å². The summed E-state index contributed by atoms with van der Waals surface area (Å²) in [5.41, 5.74) is 4.02. The molecule has 0 radical (unpaired) electrons. The van der Waals surface area contributed by atoms with Crippen LogP contribution in [0.4, 0.5) is 5.69 Å². The van der Waals surface area contributed by atoms with Gasteiger partial charge < -0.3 is 20.3 Å².